The first-order valence-electron chi connectivity index (χ1n) is 12.6. The highest BCUT2D eigenvalue weighted by atomic mass is 35.5. The second kappa shape index (κ2) is 11.2. The molecule has 43 heavy (non-hydrogen) atoms. The Morgan fingerprint density at radius 3 is 2.09 bits per heavy atom. The molecule has 2 aliphatic rings. The number of amides is 3. The number of nitrogens with two attached hydrogens (primary N) is 1. The van der Waals surface area contributed by atoms with Crippen molar-refractivity contribution in [1.82, 2.24) is 4.57 Å². The van der Waals surface area contributed by atoms with E-state index in [0.717, 1.165) is 28.0 Å². The molecule has 3 aromatic carbocycles. The van der Waals surface area contributed by atoms with Gasteiger partial charge in [0.15, 0.2) is 0 Å². The molecule has 0 spiro atoms. The predicted molar refractivity (Wildman–Crippen MR) is 165 cm³/mol. The van der Waals surface area contributed by atoms with Gasteiger partial charge >= 0.3 is 4.87 Å². The second-order valence-corrected chi connectivity index (χ2v) is 14.4. The van der Waals surface area contributed by atoms with Gasteiger partial charge in [-0.1, -0.05) is 58.4 Å². The van der Waals surface area contributed by atoms with Gasteiger partial charge in [0.2, 0.25) is 27.7 Å². The number of halogens is 2. The van der Waals surface area contributed by atoms with Crippen LogP contribution in [0.3, 0.4) is 0 Å². The van der Waals surface area contributed by atoms with E-state index in [1.807, 2.05) is 0 Å². The van der Waals surface area contributed by atoms with Crippen LogP contribution in [0.2, 0.25) is 10.0 Å². The first-order chi connectivity index (χ1) is 20.4. The van der Waals surface area contributed by atoms with Crippen molar-refractivity contribution in [1.29, 1.82) is 0 Å². The first-order valence-corrected chi connectivity index (χ1v) is 16.6. The molecular weight excluding hydrogens is 655 g/mol. The van der Waals surface area contributed by atoms with Crippen LogP contribution in [0.1, 0.15) is 16.4 Å². The number of thioether (sulfide) groups is 1. The van der Waals surface area contributed by atoms with Gasteiger partial charge in [0.1, 0.15) is 11.8 Å². The highest BCUT2D eigenvalue weighted by Crippen LogP contribution is 2.54. The molecule has 1 fully saturated rings. The topological polar surface area (TPSA) is 149 Å². The number of aromatic nitrogens is 1. The number of hydrogen-bond donors (Lipinski definition) is 2. The smallest absolute Gasteiger partial charge is 0.308 e. The molecule has 6 rings (SSSR count). The van der Waals surface area contributed by atoms with Crippen molar-refractivity contribution in [3.63, 3.8) is 0 Å². The molecule has 3 unspecified atom stereocenters. The number of fused-ring (bicyclic) bond motifs is 2. The number of hydrogen-bond acceptors (Lipinski definition) is 8. The quantitative estimate of drug-likeness (QED) is 0.290. The van der Waals surface area contributed by atoms with Gasteiger partial charge in [0, 0.05) is 26.5 Å². The molecule has 10 nitrogen and oxygen atoms in total. The number of anilines is 2. The van der Waals surface area contributed by atoms with Gasteiger partial charge in [-0.25, -0.2) is 18.5 Å². The third kappa shape index (κ3) is 5.52. The SMILES string of the molecule is NS(=O)(=O)c1ccc(NC(=O)Cn2c3c(sc2=O)C(c2ccc(Cl)cc2)C2C(=O)N(c4ccc(Cl)cc4)C(=O)C2S3)cc1. The Morgan fingerprint density at radius 2 is 1.49 bits per heavy atom. The molecule has 4 aromatic rings. The molecule has 1 saturated heterocycles. The van der Waals surface area contributed by atoms with Gasteiger partial charge < -0.3 is 5.32 Å². The molecule has 3 heterocycles. The number of carbonyl (C=O) groups excluding carboxylic acids is 3. The van der Waals surface area contributed by atoms with Crippen molar-refractivity contribution in [2.45, 2.75) is 27.6 Å². The van der Waals surface area contributed by atoms with Gasteiger partial charge in [-0.15, -0.1) is 0 Å². The average molecular weight is 676 g/mol. The van der Waals surface area contributed by atoms with Crippen LogP contribution >= 0.6 is 46.3 Å². The van der Waals surface area contributed by atoms with Gasteiger partial charge in [0.25, 0.3) is 0 Å². The number of primary sulfonamides is 1. The summed E-state index contributed by atoms with van der Waals surface area (Å²) < 4.78 is 24.3. The minimum absolute atomic E-state index is 0.115. The molecule has 3 atom stereocenters. The molecule has 2 aliphatic heterocycles. The monoisotopic (exact) mass is 674 g/mol. The molecule has 15 heteroatoms. The largest absolute Gasteiger partial charge is 0.325 e. The van der Waals surface area contributed by atoms with Crippen LogP contribution in [-0.2, 0) is 31.0 Å². The van der Waals surface area contributed by atoms with Crippen LogP contribution in [0.15, 0.2) is 87.5 Å². The van der Waals surface area contributed by atoms with Crippen LogP contribution in [-0.4, -0.2) is 36.0 Å². The Kier molecular flexibility index (Phi) is 7.73. The summed E-state index contributed by atoms with van der Waals surface area (Å²) in [6.45, 7) is -0.373. The van der Waals surface area contributed by atoms with E-state index in [4.69, 9.17) is 28.3 Å². The lowest BCUT2D eigenvalue weighted by Gasteiger charge is -2.30. The fraction of sp³-hybridized carbons (Fsp3) is 0.143. The highest BCUT2D eigenvalue weighted by Gasteiger charge is 2.56. The molecule has 0 bridgehead atoms. The Bertz CT molecular complexity index is 1940. The fourth-order valence-corrected chi connectivity index (χ4v) is 8.74. The van der Waals surface area contributed by atoms with Crippen molar-refractivity contribution >= 4 is 85.4 Å². The summed E-state index contributed by atoms with van der Waals surface area (Å²) in [6, 6.07) is 18.6. The highest BCUT2D eigenvalue weighted by molar-refractivity contribution is 8.00. The Hall–Kier alpha value is -3.46. The van der Waals surface area contributed by atoms with E-state index in [9.17, 15) is 27.6 Å². The Labute approximate surface area is 263 Å². The van der Waals surface area contributed by atoms with Gasteiger partial charge in [0.05, 0.1) is 21.5 Å². The lowest BCUT2D eigenvalue weighted by atomic mass is 9.83. The number of nitrogens with zero attached hydrogens (tertiary/aromatic N) is 2. The molecule has 0 saturated carbocycles. The summed E-state index contributed by atoms with van der Waals surface area (Å²) >= 11 is 14.2. The van der Waals surface area contributed by atoms with Crippen LogP contribution in [0.25, 0.3) is 0 Å². The maximum atomic E-state index is 13.9. The van der Waals surface area contributed by atoms with Crippen molar-refractivity contribution in [3.8, 4) is 0 Å². The number of benzene rings is 3. The zero-order valence-electron chi connectivity index (χ0n) is 21.8. The summed E-state index contributed by atoms with van der Waals surface area (Å²) in [5.74, 6) is -2.83. The zero-order chi connectivity index (χ0) is 30.6. The molecule has 3 amide bonds. The van der Waals surface area contributed by atoms with E-state index in [1.165, 1.54) is 28.8 Å². The summed E-state index contributed by atoms with van der Waals surface area (Å²) in [4.78, 5) is 55.2. The second-order valence-electron chi connectivity index (χ2n) is 9.82. The third-order valence-electron chi connectivity index (χ3n) is 7.13. The van der Waals surface area contributed by atoms with Crippen LogP contribution < -0.4 is 20.2 Å². The van der Waals surface area contributed by atoms with Gasteiger partial charge in [-0.2, -0.15) is 0 Å². The standard InChI is InChI=1S/C28H20Cl2N4O6S3/c29-15-3-1-14(2-4-15)21-22-23(26(37)34(25(22)36)18-9-5-16(30)6-10-18)41-27-24(21)42-28(38)33(27)13-20(35)32-17-7-11-19(12-8-17)43(31,39)40/h1-12,21-23H,13H2,(H,32,35)(H2,31,39,40). The van der Waals surface area contributed by atoms with Crippen molar-refractivity contribution in [2.24, 2.45) is 11.1 Å². The van der Waals surface area contributed by atoms with Crippen molar-refractivity contribution < 1.29 is 22.8 Å². The molecule has 0 aliphatic carbocycles. The molecule has 3 N–H and O–H groups in total. The van der Waals surface area contributed by atoms with E-state index in [1.54, 1.807) is 48.5 Å². The number of thiazole rings is 1. The maximum Gasteiger partial charge on any atom is 0.308 e. The van der Waals surface area contributed by atoms with Crippen LogP contribution in [0, 0.1) is 5.92 Å². The zero-order valence-corrected chi connectivity index (χ0v) is 25.7. The average Bonchev–Trinajstić information content (AvgIpc) is 3.40. The van der Waals surface area contributed by atoms with Crippen molar-refractivity contribution in [3.05, 3.63) is 103 Å². The summed E-state index contributed by atoms with van der Waals surface area (Å²) in [5, 5.41) is 8.29. The number of nitrogens with one attached hydrogen (secondary N) is 1. The summed E-state index contributed by atoms with van der Waals surface area (Å²) in [7, 11) is -3.90. The Balaban J connectivity index is 1.36. The molecule has 0 radical (unpaired) electrons. The maximum absolute atomic E-state index is 13.9. The van der Waals surface area contributed by atoms with E-state index in [2.05, 4.69) is 5.32 Å². The number of carbonyl (C=O) groups is 3. The number of rotatable bonds is 6. The minimum Gasteiger partial charge on any atom is -0.325 e. The van der Waals surface area contributed by atoms with Crippen LogP contribution in [0.4, 0.5) is 11.4 Å². The molecule has 1 aromatic heterocycles. The Morgan fingerprint density at radius 1 is 0.884 bits per heavy atom. The van der Waals surface area contributed by atoms with E-state index < -0.39 is 49.7 Å². The van der Waals surface area contributed by atoms with Crippen LogP contribution in [0.5, 0.6) is 0 Å². The third-order valence-corrected chi connectivity index (χ3v) is 11.2. The van der Waals surface area contributed by atoms with Crippen molar-refractivity contribution in [2.75, 3.05) is 10.2 Å². The first kappa shape index (κ1) is 29.6. The number of imide groups is 1. The van der Waals surface area contributed by atoms with E-state index in [0.29, 0.717) is 36.9 Å². The molecule has 220 valence electrons. The summed E-state index contributed by atoms with van der Waals surface area (Å²) in [6.07, 6.45) is 0. The number of sulfonamides is 1. The van der Waals surface area contributed by atoms with Gasteiger partial charge in [-0.05, 0) is 66.2 Å². The van der Waals surface area contributed by atoms with Gasteiger partial charge in [-0.3, -0.25) is 23.7 Å². The predicted octanol–water partition coefficient (Wildman–Crippen LogP) is 4.30. The lowest BCUT2D eigenvalue weighted by Crippen LogP contribution is -2.33. The lowest BCUT2D eigenvalue weighted by molar-refractivity contribution is -0.122. The minimum atomic E-state index is -3.90. The fourth-order valence-electron chi connectivity index (χ4n) is 5.20. The molecular formula is C28H20Cl2N4O6S3. The van der Waals surface area contributed by atoms with E-state index in [-0.39, 0.29) is 11.4 Å². The normalized spacial score (nSPS) is 19.7. The van der Waals surface area contributed by atoms with E-state index >= 15 is 0 Å². The summed E-state index contributed by atoms with van der Waals surface area (Å²) in [5.41, 5.74) is 1.39.